The van der Waals surface area contributed by atoms with Gasteiger partial charge in [0.05, 0.1) is 0 Å². The average Bonchev–Trinajstić information content (AvgIpc) is 2.02. The third-order valence-corrected chi connectivity index (χ3v) is 3.26. The molecule has 0 N–H and O–H groups in total. The number of aromatic nitrogens is 1. The maximum Gasteiger partial charge on any atom is 0.0270 e. The summed E-state index contributed by atoms with van der Waals surface area (Å²) in [6.45, 7) is 0. The van der Waals surface area contributed by atoms with Crippen molar-refractivity contribution in [1.29, 1.82) is 0 Å². The average molecular weight is 204 g/mol. The number of pyridine rings is 1. The smallest absolute Gasteiger partial charge is 0.0270 e. The van der Waals surface area contributed by atoms with Gasteiger partial charge in [-0.2, -0.15) is 9.24 Å². The van der Waals surface area contributed by atoms with Crippen LogP contribution in [0.4, 0.5) is 0 Å². The minimum absolute atomic E-state index is 0.871. The van der Waals surface area contributed by atoms with E-state index in [0.29, 0.717) is 0 Å². The van der Waals surface area contributed by atoms with Gasteiger partial charge in [0.2, 0.25) is 0 Å². The van der Waals surface area contributed by atoms with Crippen LogP contribution in [0.1, 0.15) is 5.56 Å². The van der Waals surface area contributed by atoms with E-state index < -0.39 is 9.24 Å². The molecule has 0 saturated heterocycles. The molecule has 0 aliphatic carbocycles. The van der Waals surface area contributed by atoms with Crippen molar-refractivity contribution in [2.45, 2.75) is 6.42 Å². The van der Waals surface area contributed by atoms with Crippen molar-refractivity contribution >= 4 is 19.9 Å². The lowest BCUT2D eigenvalue weighted by Gasteiger charge is -2.21. The Morgan fingerprint density at radius 2 is 1.92 bits per heavy atom. The van der Waals surface area contributed by atoms with Crippen LogP contribution in [0.3, 0.4) is 0 Å². The van der Waals surface area contributed by atoms with E-state index in [1.165, 1.54) is 5.56 Å². The van der Waals surface area contributed by atoms with Crippen LogP contribution in [0.2, 0.25) is 0 Å². The maximum absolute atomic E-state index is 6.15. The van der Waals surface area contributed by atoms with Crippen molar-refractivity contribution in [3.8, 4) is 0 Å². The molecule has 12 heavy (non-hydrogen) atoms. The van der Waals surface area contributed by atoms with Gasteiger partial charge in [0, 0.05) is 12.4 Å². The first-order valence-electron chi connectivity index (χ1n) is 3.87. The fourth-order valence-corrected chi connectivity index (χ4v) is 1.86. The molecule has 1 nitrogen and oxygen atoms in total. The van der Waals surface area contributed by atoms with Crippen molar-refractivity contribution in [3.05, 3.63) is 30.1 Å². The minimum Gasteiger partial charge on any atom is -0.265 e. The summed E-state index contributed by atoms with van der Waals surface area (Å²) in [6, 6.07) is 4.09. The van der Waals surface area contributed by atoms with E-state index in [0.717, 1.165) is 12.2 Å². The summed E-state index contributed by atoms with van der Waals surface area (Å²) in [5, 5.41) is 0. The molecule has 0 bridgehead atoms. The van der Waals surface area contributed by atoms with Gasteiger partial charge in [-0.15, -0.1) is 0 Å². The van der Waals surface area contributed by atoms with Gasteiger partial charge >= 0.3 is 0 Å². The molecule has 0 saturated carbocycles. The molecule has 0 unspecified atom stereocenters. The van der Waals surface area contributed by atoms with Crippen LogP contribution >= 0.6 is 19.9 Å². The molecular weight excluding hydrogens is 190 g/mol. The molecule has 0 fully saturated rings. The molecule has 0 radical (unpaired) electrons. The predicted molar refractivity (Wildman–Crippen MR) is 58.1 cm³/mol. The molecule has 1 heterocycles. The lowest BCUT2D eigenvalue weighted by molar-refractivity contribution is 1.13. The highest BCUT2D eigenvalue weighted by atomic mass is 35.7. The van der Waals surface area contributed by atoms with E-state index in [2.05, 4.69) is 17.5 Å². The second-order valence-electron chi connectivity index (χ2n) is 3.21. The van der Waals surface area contributed by atoms with Crippen LogP contribution in [-0.4, -0.2) is 23.2 Å². The second kappa shape index (κ2) is 4.15. The first kappa shape index (κ1) is 9.87. The molecule has 0 aliphatic heterocycles. The van der Waals surface area contributed by atoms with Crippen molar-refractivity contribution in [1.82, 2.24) is 4.98 Å². The Bertz CT molecular complexity index is 230. The van der Waals surface area contributed by atoms with E-state index >= 15 is 0 Å². The molecule has 1 aromatic rings. The number of hydrogen-bond acceptors (Lipinski definition) is 1. The zero-order valence-corrected chi connectivity index (χ0v) is 9.03. The Hall–Kier alpha value is -0.210. The molecule has 0 amide bonds. The summed E-state index contributed by atoms with van der Waals surface area (Å²) >= 11 is 0. The number of nitrogens with zero attached hydrogens (tertiary/aromatic N) is 1. The maximum atomic E-state index is 6.15. The monoisotopic (exact) mass is 203 g/mol. The van der Waals surface area contributed by atoms with Crippen molar-refractivity contribution in [2.75, 3.05) is 18.3 Å². The number of halogens is 1. The lowest BCUT2D eigenvalue weighted by Crippen LogP contribution is -1.97. The molecule has 0 aromatic carbocycles. The minimum atomic E-state index is -0.871. The van der Waals surface area contributed by atoms with Gasteiger partial charge in [0.25, 0.3) is 0 Å². The van der Waals surface area contributed by atoms with Gasteiger partial charge in [0.1, 0.15) is 0 Å². The van der Waals surface area contributed by atoms with Crippen LogP contribution in [-0.2, 0) is 6.42 Å². The standard InChI is InChI=1S/C9H14ClNS/c1-12(2,10)8-5-9-3-6-11-7-4-9/h3-4,6-7H,5,8H2,1-2H3. The molecule has 1 aromatic heterocycles. The molecule has 68 valence electrons. The van der Waals surface area contributed by atoms with E-state index in [9.17, 15) is 0 Å². The van der Waals surface area contributed by atoms with Crippen LogP contribution < -0.4 is 0 Å². The van der Waals surface area contributed by atoms with Gasteiger partial charge in [-0.1, -0.05) is 10.7 Å². The second-order valence-corrected chi connectivity index (χ2v) is 8.93. The summed E-state index contributed by atoms with van der Waals surface area (Å²) in [4.78, 5) is 3.96. The van der Waals surface area contributed by atoms with E-state index in [-0.39, 0.29) is 0 Å². The third-order valence-electron chi connectivity index (χ3n) is 1.63. The van der Waals surface area contributed by atoms with Gasteiger partial charge in [-0.05, 0) is 42.4 Å². The van der Waals surface area contributed by atoms with Gasteiger partial charge in [-0.3, -0.25) is 4.98 Å². The Morgan fingerprint density at radius 3 is 2.42 bits per heavy atom. The fourth-order valence-electron chi connectivity index (χ4n) is 0.910. The topological polar surface area (TPSA) is 12.9 Å². The highest BCUT2D eigenvalue weighted by Gasteiger charge is 2.06. The zero-order chi connectivity index (χ0) is 9.03. The van der Waals surface area contributed by atoms with E-state index in [4.69, 9.17) is 10.7 Å². The number of rotatable bonds is 3. The summed E-state index contributed by atoms with van der Waals surface area (Å²) in [7, 11) is 5.28. The normalized spacial score (nSPS) is 12.9. The Balaban J connectivity index is 2.44. The van der Waals surface area contributed by atoms with Gasteiger partial charge in [-0.25, -0.2) is 0 Å². The number of hydrogen-bond donors (Lipinski definition) is 0. The number of aryl methyl sites for hydroxylation is 1. The zero-order valence-electron chi connectivity index (χ0n) is 7.46. The van der Waals surface area contributed by atoms with Crippen LogP contribution in [0.5, 0.6) is 0 Å². The Morgan fingerprint density at radius 1 is 1.33 bits per heavy atom. The van der Waals surface area contributed by atoms with E-state index in [1.807, 2.05) is 24.5 Å². The molecule has 0 spiro atoms. The lowest BCUT2D eigenvalue weighted by atomic mass is 10.2. The Labute approximate surface area is 80.0 Å². The van der Waals surface area contributed by atoms with Crippen LogP contribution in [0, 0.1) is 0 Å². The summed E-state index contributed by atoms with van der Waals surface area (Å²) in [6.07, 6.45) is 8.96. The summed E-state index contributed by atoms with van der Waals surface area (Å²) in [5.74, 6) is 1.08. The molecule has 3 heteroatoms. The summed E-state index contributed by atoms with van der Waals surface area (Å²) < 4.78 is 0. The van der Waals surface area contributed by atoms with Crippen molar-refractivity contribution < 1.29 is 0 Å². The molecular formula is C9H14ClNS. The van der Waals surface area contributed by atoms with Gasteiger partial charge in [0.15, 0.2) is 0 Å². The van der Waals surface area contributed by atoms with E-state index in [1.54, 1.807) is 0 Å². The SMILES string of the molecule is CS(C)(Cl)CCc1ccncc1. The van der Waals surface area contributed by atoms with Crippen molar-refractivity contribution in [3.63, 3.8) is 0 Å². The molecule has 0 aliphatic rings. The van der Waals surface area contributed by atoms with Crippen molar-refractivity contribution in [2.24, 2.45) is 0 Å². The highest BCUT2D eigenvalue weighted by Crippen LogP contribution is 2.45. The first-order chi connectivity index (χ1) is 5.58. The molecule has 1 rings (SSSR count). The molecule has 0 atom stereocenters. The van der Waals surface area contributed by atoms with Crippen LogP contribution in [0.25, 0.3) is 0 Å². The Kier molecular flexibility index (Phi) is 3.41. The largest absolute Gasteiger partial charge is 0.265 e. The first-order valence-corrected chi connectivity index (χ1v) is 7.32. The van der Waals surface area contributed by atoms with Crippen LogP contribution in [0.15, 0.2) is 24.5 Å². The summed E-state index contributed by atoms with van der Waals surface area (Å²) in [5.41, 5.74) is 1.33. The quantitative estimate of drug-likeness (QED) is 0.737. The predicted octanol–water partition coefficient (Wildman–Crippen LogP) is 2.84. The fraction of sp³-hybridized carbons (Fsp3) is 0.444. The highest BCUT2D eigenvalue weighted by molar-refractivity contribution is 8.50. The van der Waals surface area contributed by atoms with Gasteiger partial charge < -0.3 is 0 Å². The third kappa shape index (κ3) is 3.98.